The third-order valence-electron chi connectivity index (χ3n) is 9.72. The summed E-state index contributed by atoms with van der Waals surface area (Å²) in [4.78, 5) is 0. The molecule has 0 bridgehead atoms. The Hall–Kier alpha value is -4.82. The van der Waals surface area contributed by atoms with Gasteiger partial charge in [-0.15, -0.1) is 0 Å². The summed E-state index contributed by atoms with van der Waals surface area (Å²) >= 11 is 10.4. The lowest BCUT2D eigenvalue weighted by Gasteiger charge is -2.12. The van der Waals surface area contributed by atoms with E-state index in [0.717, 1.165) is 35.0 Å². The van der Waals surface area contributed by atoms with Crippen LogP contribution in [-0.2, 0) is 0 Å². The molecular formula is C48H32BBr3O2. The molecule has 2 N–H and O–H groups in total. The SMILES string of the molecule is Brc1ccc2cc(-c3cc4ccccc4c4ccccc34)ccc2c1.Brc1ccc2cc(Br)ccc2c1.OB(O)c1cc2ccccc2c2ccccc12. The molecule has 0 fully saturated rings. The zero-order valence-electron chi connectivity index (χ0n) is 28.9. The van der Waals surface area contributed by atoms with Crippen LogP contribution in [0.3, 0.4) is 0 Å². The van der Waals surface area contributed by atoms with Crippen LogP contribution in [0.5, 0.6) is 0 Å². The van der Waals surface area contributed by atoms with Crippen LogP contribution in [0.4, 0.5) is 0 Å². The van der Waals surface area contributed by atoms with Gasteiger partial charge in [-0.2, -0.15) is 0 Å². The Morgan fingerprint density at radius 1 is 0.315 bits per heavy atom. The van der Waals surface area contributed by atoms with Crippen LogP contribution in [0.25, 0.3) is 75.8 Å². The lowest BCUT2D eigenvalue weighted by atomic mass is 9.76. The van der Waals surface area contributed by atoms with Crippen molar-refractivity contribution in [3.8, 4) is 11.1 Å². The Labute approximate surface area is 339 Å². The molecule has 0 saturated heterocycles. The molecule has 0 atom stereocenters. The molecule has 0 spiro atoms. The summed E-state index contributed by atoms with van der Waals surface area (Å²) in [5, 5.41) is 33.2. The number of rotatable bonds is 2. The molecule has 10 rings (SSSR count). The minimum atomic E-state index is -1.44. The smallest absolute Gasteiger partial charge is 0.423 e. The van der Waals surface area contributed by atoms with E-state index < -0.39 is 7.12 Å². The lowest BCUT2D eigenvalue weighted by Crippen LogP contribution is -2.30. The van der Waals surface area contributed by atoms with Crippen molar-refractivity contribution < 1.29 is 10.0 Å². The maximum Gasteiger partial charge on any atom is 0.489 e. The summed E-state index contributed by atoms with van der Waals surface area (Å²) in [7, 11) is -1.44. The molecular weight excluding hydrogens is 859 g/mol. The molecule has 0 heterocycles. The monoisotopic (exact) mass is 888 g/mol. The fraction of sp³-hybridized carbons (Fsp3) is 0. The maximum atomic E-state index is 9.44. The van der Waals surface area contributed by atoms with E-state index in [0.29, 0.717) is 5.46 Å². The predicted octanol–water partition coefficient (Wildman–Crippen LogP) is 13.6. The second-order valence-electron chi connectivity index (χ2n) is 13.1. The van der Waals surface area contributed by atoms with Crippen LogP contribution in [0, 0.1) is 0 Å². The lowest BCUT2D eigenvalue weighted by molar-refractivity contribution is 0.426. The highest BCUT2D eigenvalue weighted by molar-refractivity contribution is 9.11. The van der Waals surface area contributed by atoms with Crippen molar-refractivity contribution in [2.24, 2.45) is 0 Å². The van der Waals surface area contributed by atoms with Crippen molar-refractivity contribution in [1.82, 2.24) is 0 Å². The average Bonchev–Trinajstić information content (AvgIpc) is 3.20. The van der Waals surface area contributed by atoms with Gasteiger partial charge in [-0.1, -0.05) is 181 Å². The maximum absolute atomic E-state index is 9.44. The summed E-state index contributed by atoms with van der Waals surface area (Å²) in [6.07, 6.45) is 0. The molecule has 10 aromatic carbocycles. The van der Waals surface area contributed by atoms with Gasteiger partial charge in [-0.3, -0.25) is 0 Å². The van der Waals surface area contributed by atoms with Gasteiger partial charge >= 0.3 is 7.12 Å². The highest BCUT2D eigenvalue weighted by Crippen LogP contribution is 2.36. The second-order valence-corrected chi connectivity index (χ2v) is 15.9. The molecule has 0 aliphatic carbocycles. The van der Waals surface area contributed by atoms with E-state index in [-0.39, 0.29) is 0 Å². The van der Waals surface area contributed by atoms with Crippen molar-refractivity contribution in [2.75, 3.05) is 0 Å². The third kappa shape index (κ3) is 7.59. The number of halogens is 3. The Morgan fingerprint density at radius 2 is 0.704 bits per heavy atom. The summed E-state index contributed by atoms with van der Waals surface area (Å²) in [5.74, 6) is 0. The standard InChI is InChI=1S/C24H15Br.C14H11BO2.C10H6Br2/c25-20-12-11-16-13-19(10-9-17(16)14-20)24-15-18-5-1-2-6-21(18)22-7-3-4-8-23(22)24;16-15(17)14-9-10-5-1-2-6-11(10)12-7-3-4-8-13(12)14;11-9-3-1-7-5-10(12)4-2-8(7)6-9/h1-15H;1-9,16-17H;1-6H. The highest BCUT2D eigenvalue weighted by Gasteiger charge is 2.16. The molecule has 2 nitrogen and oxygen atoms in total. The molecule has 6 heteroatoms. The Bertz CT molecular complexity index is 2940. The normalized spacial score (nSPS) is 11.1. The van der Waals surface area contributed by atoms with Crippen molar-refractivity contribution in [1.29, 1.82) is 0 Å². The van der Waals surface area contributed by atoms with Crippen LogP contribution in [0.2, 0.25) is 0 Å². The van der Waals surface area contributed by atoms with Crippen LogP contribution in [0.1, 0.15) is 0 Å². The average molecular weight is 891 g/mol. The largest absolute Gasteiger partial charge is 0.489 e. The van der Waals surface area contributed by atoms with E-state index in [4.69, 9.17) is 0 Å². The third-order valence-corrected chi connectivity index (χ3v) is 11.2. The molecule has 54 heavy (non-hydrogen) atoms. The fourth-order valence-electron chi connectivity index (χ4n) is 7.16. The minimum Gasteiger partial charge on any atom is -0.423 e. The zero-order chi connectivity index (χ0) is 37.2. The van der Waals surface area contributed by atoms with E-state index in [2.05, 4.69) is 175 Å². The summed E-state index contributed by atoms with van der Waals surface area (Å²) in [6, 6.07) is 62.9. The Morgan fingerprint density at radius 3 is 1.22 bits per heavy atom. The molecule has 0 saturated carbocycles. The topological polar surface area (TPSA) is 40.5 Å². The van der Waals surface area contributed by atoms with Gasteiger partial charge in [-0.25, -0.2) is 0 Å². The van der Waals surface area contributed by atoms with Gasteiger partial charge in [0.05, 0.1) is 0 Å². The van der Waals surface area contributed by atoms with Gasteiger partial charge < -0.3 is 10.0 Å². The highest BCUT2D eigenvalue weighted by atomic mass is 79.9. The van der Waals surface area contributed by atoms with Crippen LogP contribution in [0.15, 0.2) is 195 Å². The van der Waals surface area contributed by atoms with Gasteiger partial charge in [0.1, 0.15) is 0 Å². The number of benzene rings is 10. The van der Waals surface area contributed by atoms with E-state index in [1.165, 1.54) is 54.2 Å². The second kappa shape index (κ2) is 15.9. The van der Waals surface area contributed by atoms with Gasteiger partial charge in [0.2, 0.25) is 0 Å². The molecule has 0 amide bonds. The summed E-state index contributed by atoms with van der Waals surface area (Å²) in [6.45, 7) is 0. The predicted molar refractivity (Wildman–Crippen MR) is 243 cm³/mol. The molecule has 0 aromatic heterocycles. The van der Waals surface area contributed by atoms with Gasteiger partial charge in [-0.05, 0) is 130 Å². The quantitative estimate of drug-likeness (QED) is 0.134. The first-order chi connectivity index (χ1) is 26.3. The Balaban J connectivity index is 0.000000124. The van der Waals surface area contributed by atoms with Crippen molar-refractivity contribution in [2.45, 2.75) is 0 Å². The van der Waals surface area contributed by atoms with Crippen LogP contribution >= 0.6 is 47.8 Å². The van der Waals surface area contributed by atoms with Crippen molar-refractivity contribution in [3.63, 3.8) is 0 Å². The van der Waals surface area contributed by atoms with Gasteiger partial charge in [0.25, 0.3) is 0 Å². The first-order valence-corrected chi connectivity index (χ1v) is 19.9. The Kier molecular flexibility index (Phi) is 10.6. The number of hydrogen-bond donors (Lipinski definition) is 2. The van der Waals surface area contributed by atoms with Crippen LogP contribution in [-0.4, -0.2) is 17.2 Å². The van der Waals surface area contributed by atoms with Gasteiger partial charge in [0.15, 0.2) is 0 Å². The number of hydrogen-bond acceptors (Lipinski definition) is 2. The molecule has 0 aliphatic heterocycles. The number of fused-ring (bicyclic) bond motifs is 8. The summed E-state index contributed by atoms with van der Waals surface area (Å²) in [5.41, 5.74) is 3.11. The van der Waals surface area contributed by atoms with E-state index in [1.54, 1.807) is 0 Å². The fourth-order valence-corrected chi connectivity index (χ4v) is 8.30. The zero-order valence-corrected chi connectivity index (χ0v) is 33.7. The van der Waals surface area contributed by atoms with Crippen LogP contribution < -0.4 is 5.46 Å². The van der Waals surface area contributed by atoms with Gasteiger partial charge in [0, 0.05) is 13.4 Å². The molecule has 0 radical (unpaired) electrons. The first-order valence-electron chi connectivity index (χ1n) is 17.5. The molecule has 0 unspecified atom stereocenters. The minimum absolute atomic E-state index is 0.555. The van der Waals surface area contributed by atoms with E-state index in [1.807, 2.05) is 54.6 Å². The molecule has 260 valence electrons. The van der Waals surface area contributed by atoms with Crippen molar-refractivity contribution in [3.05, 3.63) is 195 Å². The molecule has 10 aromatic rings. The summed E-state index contributed by atoms with van der Waals surface area (Å²) < 4.78 is 3.36. The van der Waals surface area contributed by atoms with E-state index >= 15 is 0 Å². The van der Waals surface area contributed by atoms with Crippen molar-refractivity contribution >= 4 is 125 Å². The molecule has 0 aliphatic rings. The first kappa shape index (κ1) is 36.2. The van der Waals surface area contributed by atoms with E-state index in [9.17, 15) is 10.0 Å².